The van der Waals surface area contributed by atoms with Gasteiger partial charge in [0.25, 0.3) is 0 Å². The minimum Gasteiger partial charge on any atom is -0.397 e. The molecule has 92 valence electrons. The second kappa shape index (κ2) is 3.78. The summed E-state index contributed by atoms with van der Waals surface area (Å²) >= 11 is 1.45. The van der Waals surface area contributed by atoms with Crippen LogP contribution >= 0.6 is 11.3 Å². The van der Waals surface area contributed by atoms with Crippen molar-refractivity contribution in [3.8, 4) is 10.7 Å². The van der Waals surface area contributed by atoms with E-state index in [1.165, 1.54) is 11.3 Å². The third kappa shape index (κ3) is 1.57. The SMILES string of the molecule is Cc1csc(-c2nc3cc(F)c(F)cc3[nH]2)c1N. The first-order valence-electron chi connectivity index (χ1n) is 5.25. The van der Waals surface area contributed by atoms with Crippen molar-refractivity contribution in [3.05, 3.63) is 34.7 Å². The van der Waals surface area contributed by atoms with Gasteiger partial charge in [-0.15, -0.1) is 11.3 Å². The lowest BCUT2D eigenvalue weighted by Gasteiger charge is -1.94. The number of nitrogens with zero attached hydrogens (tertiary/aromatic N) is 1. The molecule has 0 atom stereocenters. The molecule has 0 saturated heterocycles. The van der Waals surface area contributed by atoms with Crippen LogP contribution in [0.15, 0.2) is 17.5 Å². The Balaban J connectivity index is 2.22. The van der Waals surface area contributed by atoms with E-state index in [1.54, 1.807) is 0 Å². The van der Waals surface area contributed by atoms with Crippen LogP contribution in [0.25, 0.3) is 21.7 Å². The number of H-pyrrole nitrogens is 1. The number of nitrogen functional groups attached to an aromatic ring is 1. The van der Waals surface area contributed by atoms with E-state index in [2.05, 4.69) is 9.97 Å². The van der Waals surface area contributed by atoms with E-state index in [4.69, 9.17) is 5.73 Å². The van der Waals surface area contributed by atoms with Gasteiger partial charge >= 0.3 is 0 Å². The number of imidazole rings is 1. The van der Waals surface area contributed by atoms with Crippen LogP contribution in [0.1, 0.15) is 5.56 Å². The summed E-state index contributed by atoms with van der Waals surface area (Å²) < 4.78 is 26.2. The van der Waals surface area contributed by atoms with Crippen molar-refractivity contribution < 1.29 is 8.78 Å². The van der Waals surface area contributed by atoms with E-state index in [-0.39, 0.29) is 0 Å². The molecule has 0 amide bonds. The van der Waals surface area contributed by atoms with Crippen molar-refractivity contribution in [2.45, 2.75) is 6.92 Å². The van der Waals surface area contributed by atoms with Crippen LogP contribution in [0.5, 0.6) is 0 Å². The molecule has 3 N–H and O–H groups in total. The zero-order chi connectivity index (χ0) is 12.9. The Hall–Kier alpha value is -1.95. The van der Waals surface area contributed by atoms with Gasteiger partial charge in [-0.3, -0.25) is 0 Å². The molecule has 3 aromatic rings. The lowest BCUT2D eigenvalue weighted by molar-refractivity contribution is 0.510. The van der Waals surface area contributed by atoms with Gasteiger partial charge in [-0.2, -0.15) is 0 Å². The summed E-state index contributed by atoms with van der Waals surface area (Å²) in [7, 11) is 0. The molecule has 6 heteroatoms. The molecule has 3 rings (SSSR count). The summed E-state index contributed by atoms with van der Waals surface area (Å²) in [6.45, 7) is 1.90. The maximum absolute atomic E-state index is 13.1. The number of halogens is 2. The van der Waals surface area contributed by atoms with E-state index in [0.29, 0.717) is 22.5 Å². The first-order chi connectivity index (χ1) is 8.56. The molecule has 0 spiro atoms. The van der Waals surface area contributed by atoms with Crippen molar-refractivity contribution >= 4 is 28.1 Å². The van der Waals surface area contributed by atoms with E-state index < -0.39 is 11.6 Å². The van der Waals surface area contributed by atoms with Crippen LogP contribution in [0.4, 0.5) is 14.5 Å². The third-order valence-corrected chi connectivity index (χ3v) is 3.88. The number of aromatic nitrogens is 2. The van der Waals surface area contributed by atoms with Crippen LogP contribution in [0, 0.1) is 18.6 Å². The molecule has 0 aliphatic rings. The number of aryl methyl sites for hydroxylation is 1. The molecule has 0 bridgehead atoms. The molecule has 2 aromatic heterocycles. The molecule has 0 unspecified atom stereocenters. The van der Waals surface area contributed by atoms with E-state index in [1.807, 2.05) is 12.3 Å². The van der Waals surface area contributed by atoms with Gasteiger partial charge in [-0.25, -0.2) is 13.8 Å². The fourth-order valence-electron chi connectivity index (χ4n) is 1.75. The molecular formula is C12H9F2N3S. The second-order valence-electron chi connectivity index (χ2n) is 4.03. The molecule has 2 heterocycles. The predicted molar refractivity (Wildman–Crippen MR) is 68.5 cm³/mol. The highest BCUT2D eigenvalue weighted by Gasteiger charge is 2.14. The highest BCUT2D eigenvalue weighted by Crippen LogP contribution is 2.34. The summed E-state index contributed by atoms with van der Waals surface area (Å²) in [5.74, 6) is -1.27. The fourth-order valence-corrected chi connectivity index (χ4v) is 2.67. The van der Waals surface area contributed by atoms with Crippen LogP contribution in [0.3, 0.4) is 0 Å². The summed E-state index contributed by atoms with van der Waals surface area (Å²) in [6.07, 6.45) is 0. The van der Waals surface area contributed by atoms with Crippen molar-refractivity contribution in [1.29, 1.82) is 0 Å². The van der Waals surface area contributed by atoms with Gasteiger partial charge in [0.05, 0.1) is 21.6 Å². The zero-order valence-electron chi connectivity index (χ0n) is 9.42. The van der Waals surface area contributed by atoms with E-state index >= 15 is 0 Å². The summed E-state index contributed by atoms with van der Waals surface area (Å²) in [5, 5.41) is 1.92. The van der Waals surface area contributed by atoms with Crippen LogP contribution < -0.4 is 5.73 Å². The number of nitrogens with two attached hydrogens (primary N) is 1. The Morgan fingerprint density at radius 3 is 2.67 bits per heavy atom. The number of rotatable bonds is 1. The van der Waals surface area contributed by atoms with Crippen LogP contribution in [-0.2, 0) is 0 Å². The maximum Gasteiger partial charge on any atom is 0.161 e. The Kier molecular flexibility index (Phi) is 2.34. The van der Waals surface area contributed by atoms with Crippen molar-refractivity contribution in [2.75, 3.05) is 5.73 Å². The van der Waals surface area contributed by atoms with Gasteiger partial charge in [0.1, 0.15) is 0 Å². The molecule has 0 fully saturated rings. The van der Waals surface area contributed by atoms with Crippen LogP contribution in [-0.4, -0.2) is 9.97 Å². The van der Waals surface area contributed by atoms with E-state index in [0.717, 1.165) is 22.6 Å². The largest absolute Gasteiger partial charge is 0.397 e. The molecule has 18 heavy (non-hydrogen) atoms. The monoisotopic (exact) mass is 265 g/mol. The topological polar surface area (TPSA) is 54.7 Å². The third-order valence-electron chi connectivity index (χ3n) is 2.76. The quantitative estimate of drug-likeness (QED) is 0.708. The number of hydrogen-bond acceptors (Lipinski definition) is 3. The summed E-state index contributed by atoms with van der Waals surface area (Å²) in [4.78, 5) is 7.96. The van der Waals surface area contributed by atoms with Gasteiger partial charge in [0.15, 0.2) is 17.5 Å². The minimum absolute atomic E-state index is 0.384. The molecule has 0 aliphatic carbocycles. The predicted octanol–water partition coefficient (Wildman–Crippen LogP) is 3.46. The molecule has 3 nitrogen and oxygen atoms in total. The maximum atomic E-state index is 13.1. The number of anilines is 1. The Morgan fingerprint density at radius 2 is 2.00 bits per heavy atom. The molecular weight excluding hydrogens is 256 g/mol. The Morgan fingerprint density at radius 1 is 1.28 bits per heavy atom. The number of fused-ring (bicyclic) bond motifs is 1. The number of benzene rings is 1. The lowest BCUT2D eigenvalue weighted by Crippen LogP contribution is -1.87. The van der Waals surface area contributed by atoms with Gasteiger partial charge < -0.3 is 10.7 Å². The Bertz CT molecular complexity index is 706. The number of hydrogen-bond donors (Lipinski definition) is 2. The second-order valence-corrected chi connectivity index (χ2v) is 4.91. The normalized spacial score (nSPS) is 11.3. The number of aromatic amines is 1. The molecule has 0 saturated carbocycles. The smallest absolute Gasteiger partial charge is 0.161 e. The van der Waals surface area contributed by atoms with Gasteiger partial charge in [0.2, 0.25) is 0 Å². The van der Waals surface area contributed by atoms with E-state index in [9.17, 15) is 8.78 Å². The zero-order valence-corrected chi connectivity index (χ0v) is 10.2. The van der Waals surface area contributed by atoms with Crippen molar-refractivity contribution in [2.24, 2.45) is 0 Å². The van der Waals surface area contributed by atoms with Gasteiger partial charge in [-0.1, -0.05) is 0 Å². The molecule has 0 aliphatic heterocycles. The van der Waals surface area contributed by atoms with Crippen LogP contribution in [0.2, 0.25) is 0 Å². The average Bonchev–Trinajstić information content (AvgIpc) is 2.85. The summed E-state index contributed by atoms with van der Waals surface area (Å²) in [6, 6.07) is 2.17. The summed E-state index contributed by atoms with van der Waals surface area (Å²) in [5.41, 5.74) is 8.36. The highest BCUT2D eigenvalue weighted by atomic mass is 32.1. The lowest BCUT2D eigenvalue weighted by atomic mass is 10.3. The van der Waals surface area contributed by atoms with Crippen molar-refractivity contribution in [3.63, 3.8) is 0 Å². The number of nitrogens with one attached hydrogen (secondary N) is 1. The fraction of sp³-hybridized carbons (Fsp3) is 0.0833. The minimum atomic E-state index is -0.907. The first-order valence-corrected chi connectivity index (χ1v) is 6.13. The highest BCUT2D eigenvalue weighted by molar-refractivity contribution is 7.14. The molecule has 1 aromatic carbocycles. The first kappa shape index (κ1) is 11.2. The molecule has 0 radical (unpaired) electrons. The van der Waals surface area contributed by atoms with Gasteiger partial charge in [0, 0.05) is 12.1 Å². The van der Waals surface area contributed by atoms with Gasteiger partial charge in [-0.05, 0) is 17.9 Å². The average molecular weight is 265 g/mol. The standard InChI is InChI=1S/C12H9F2N3S/c1-5-4-18-11(10(5)15)12-16-8-2-6(13)7(14)3-9(8)17-12/h2-4H,15H2,1H3,(H,16,17). The number of thiophene rings is 1. The Labute approximate surface area is 105 Å². The van der Waals surface area contributed by atoms with Crippen molar-refractivity contribution in [1.82, 2.24) is 9.97 Å².